The number of thioether (sulfide) groups is 1. The predicted molar refractivity (Wildman–Crippen MR) is 145 cm³/mol. The van der Waals surface area contributed by atoms with Crippen molar-refractivity contribution in [3.05, 3.63) is 87.7 Å². The van der Waals surface area contributed by atoms with E-state index in [1.54, 1.807) is 0 Å². The van der Waals surface area contributed by atoms with Crippen molar-refractivity contribution in [3.63, 3.8) is 0 Å². The number of halogens is 6. The number of benzene rings is 3. The smallest absolute Gasteiger partial charge is 0.418 e. The number of fused-ring (bicyclic) bond motifs is 1. The van der Waals surface area contributed by atoms with Crippen molar-refractivity contribution in [2.24, 2.45) is 0 Å². The van der Waals surface area contributed by atoms with Crippen LogP contribution in [0.4, 0.5) is 32.0 Å². The Kier molecular flexibility index (Phi) is 9.04. The van der Waals surface area contributed by atoms with Gasteiger partial charge in [-0.3, -0.25) is 14.2 Å². The number of ether oxygens (including phenoxy) is 2. The molecule has 3 aromatic carbocycles. The Morgan fingerprint density at radius 3 is 2.19 bits per heavy atom. The van der Waals surface area contributed by atoms with Crippen LogP contribution in [0.2, 0.25) is 0 Å². The van der Waals surface area contributed by atoms with Gasteiger partial charge in [0.05, 0.1) is 47.7 Å². The molecule has 0 unspecified atom stereocenters. The summed E-state index contributed by atoms with van der Waals surface area (Å²) < 4.78 is 90.7. The van der Waals surface area contributed by atoms with E-state index in [0.29, 0.717) is 5.56 Å². The van der Waals surface area contributed by atoms with Gasteiger partial charge in [0.1, 0.15) is 0 Å². The van der Waals surface area contributed by atoms with Crippen molar-refractivity contribution >= 4 is 34.3 Å². The van der Waals surface area contributed by atoms with Gasteiger partial charge in [0, 0.05) is 12.6 Å². The van der Waals surface area contributed by atoms with Gasteiger partial charge >= 0.3 is 12.4 Å². The molecule has 0 aliphatic heterocycles. The van der Waals surface area contributed by atoms with Gasteiger partial charge in [-0.2, -0.15) is 26.3 Å². The molecule has 1 N–H and O–H groups in total. The van der Waals surface area contributed by atoms with Gasteiger partial charge in [0.25, 0.3) is 5.56 Å². The number of aryl methyl sites for hydroxylation is 1. The normalized spacial score (nSPS) is 11.9. The first-order valence-corrected chi connectivity index (χ1v) is 13.2. The topological polar surface area (TPSA) is 82.5 Å². The number of methoxy groups -OCH3 is 2. The molecule has 0 saturated carbocycles. The molecule has 0 bridgehead atoms. The number of carbonyl (C=O) groups is 1. The first-order chi connectivity index (χ1) is 19.8. The molecule has 1 heterocycles. The number of carbonyl (C=O) groups excluding carboxylic acids is 1. The summed E-state index contributed by atoms with van der Waals surface area (Å²) in [4.78, 5) is 30.7. The molecular weight excluding hydrogens is 588 g/mol. The zero-order valence-corrected chi connectivity index (χ0v) is 22.9. The Labute approximate surface area is 239 Å². The number of amides is 1. The lowest BCUT2D eigenvalue weighted by Crippen LogP contribution is -2.25. The highest BCUT2D eigenvalue weighted by Crippen LogP contribution is 2.35. The first-order valence-electron chi connectivity index (χ1n) is 12.2. The number of rotatable bonds is 9. The standard InChI is InChI=1S/C28H23F6N3O4S/c1-40-22-13-18-21(14-23(22)41-2)36-26(42-15-24(38)35-20-6-4-3-5-19(20)28(32,33)34)37(25(18)39)12-11-16-7-9-17(10-8-16)27(29,30)31/h3-10,13-14H,11-12,15H2,1-2H3,(H,35,38). The van der Waals surface area contributed by atoms with Crippen LogP contribution in [-0.4, -0.2) is 35.4 Å². The van der Waals surface area contributed by atoms with E-state index >= 15 is 0 Å². The largest absolute Gasteiger partial charge is 0.493 e. The number of aromatic nitrogens is 2. The number of para-hydroxylation sites is 1. The molecule has 42 heavy (non-hydrogen) atoms. The minimum Gasteiger partial charge on any atom is -0.493 e. The van der Waals surface area contributed by atoms with Crippen LogP contribution in [0, 0.1) is 0 Å². The zero-order valence-electron chi connectivity index (χ0n) is 22.1. The number of nitrogens with zero attached hydrogens (tertiary/aromatic N) is 2. The molecule has 0 atom stereocenters. The second kappa shape index (κ2) is 12.3. The van der Waals surface area contributed by atoms with E-state index in [1.165, 1.54) is 55.2 Å². The first kappa shape index (κ1) is 30.8. The van der Waals surface area contributed by atoms with Gasteiger partial charge in [-0.05, 0) is 42.3 Å². The van der Waals surface area contributed by atoms with E-state index in [1.807, 2.05) is 0 Å². The van der Waals surface area contributed by atoms with Crippen LogP contribution in [0.15, 0.2) is 70.6 Å². The summed E-state index contributed by atoms with van der Waals surface area (Å²) in [7, 11) is 2.79. The van der Waals surface area contributed by atoms with E-state index in [-0.39, 0.29) is 40.5 Å². The van der Waals surface area contributed by atoms with Gasteiger partial charge < -0.3 is 14.8 Å². The maximum atomic E-state index is 13.6. The summed E-state index contributed by atoms with van der Waals surface area (Å²) in [6, 6.07) is 11.9. The fourth-order valence-electron chi connectivity index (χ4n) is 4.09. The fraction of sp³-hybridized carbons (Fsp3) is 0.250. The third-order valence-corrected chi connectivity index (χ3v) is 7.15. The van der Waals surface area contributed by atoms with Crippen LogP contribution in [-0.2, 0) is 30.1 Å². The maximum absolute atomic E-state index is 13.6. The van der Waals surface area contributed by atoms with Crippen LogP contribution in [0.1, 0.15) is 16.7 Å². The molecule has 1 amide bonds. The van der Waals surface area contributed by atoms with Crippen LogP contribution < -0.4 is 20.3 Å². The Bertz CT molecular complexity index is 1650. The fourth-order valence-corrected chi connectivity index (χ4v) is 4.92. The van der Waals surface area contributed by atoms with Crippen LogP contribution in [0.3, 0.4) is 0 Å². The van der Waals surface area contributed by atoms with Crippen molar-refractivity contribution in [3.8, 4) is 11.5 Å². The molecule has 0 aliphatic carbocycles. The molecule has 14 heteroatoms. The average molecular weight is 612 g/mol. The minimum atomic E-state index is -4.68. The average Bonchev–Trinajstić information content (AvgIpc) is 2.94. The summed E-state index contributed by atoms with van der Waals surface area (Å²) in [6.45, 7) is -0.0116. The quantitative estimate of drug-likeness (QED) is 0.134. The molecule has 7 nitrogen and oxygen atoms in total. The number of hydrogen-bond donors (Lipinski definition) is 1. The molecular formula is C28H23F6N3O4S. The van der Waals surface area contributed by atoms with Gasteiger partial charge in [-0.25, -0.2) is 4.98 Å². The van der Waals surface area contributed by atoms with Gasteiger partial charge in [0.15, 0.2) is 16.7 Å². The second-order valence-electron chi connectivity index (χ2n) is 8.90. The van der Waals surface area contributed by atoms with E-state index < -0.39 is 46.4 Å². The molecule has 4 aromatic rings. The van der Waals surface area contributed by atoms with Crippen LogP contribution in [0.5, 0.6) is 11.5 Å². The van der Waals surface area contributed by atoms with Crippen molar-refractivity contribution in [2.45, 2.75) is 30.5 Å². The number of anilines is 1. The molecule has 4 rings (SSSR count). The molecule has 0 radical (unpaired) electrons. The van der Waals surface area contributed by atoms with Gasteiger partial charge in [-0.1, -0.05) is 36.0 Å². The third kappa shape index (κ3) is 6.98. The van der Waals surface area contributed by atoms with Crippen LogP contribution in [0.25, 0.3) is 10.9 Å². The highest BCUT2D eigenvalue weighted by Gasteiger charge is 2.33. The second-order valence-corrected chi connectivity index (χ2v) is 9.84. The van der Waals surface area contributed by atoms with Crippen molar-refractivity contribution in [2.75, 3.05) is 25.3 Å². The predicted octanol–water partition coefficient (Wildman–Crippen LogP) is 6.42. The van der Waals surface area contributed by atoms with E-state index in [9.17, 15) is 35.9 Å². The Balaban J connectivity index is 1.65. The van der Waals surface area contributed by atoms with Gasteiger partial charge in [-0.15, -0.1) is 0 Å². The third-order valence-electron chi connectivity index (χ3n) is 6.17. The van der Waals surface area contributed by atoms with Crippen LogP contribution >= 0.6 is 11.8 Å². The molecule has 0 spiro atoms. The summed E-state index contributed by atoms with van der Waals surface area (Å²) >= 11 is 0.819. The summed E-state index contributed by atoms with van der Waals surface area (Å²) in [5, 5.41) is 2.48. The highest BCUT2D eigenvalue weighted by atomic mass is 32.2. The zero-order chi connectivity index (χ0) is 30.7. The molecule has 222 valence electrons. The number of hydrogen-bond acceptors (Lipinski definition) is 6. The lowest BCUT2D eigenvalue weighted by Gasteiger charge is -2.16. The summed E-state index contributed by atoms with van der Waals surface area (Å²) in [5.74, 6) is -0.608. The van der Waals surface area contributed by atoms with Crippen molar-refractivity contribution < 1.29 is 40.6 Å². The molecule has 1 aromatic heterocycles. The lowest BCUT2D eigenvalue weighted by molar-refractivity contribution is -0.138. The number of alkyl halides is 6. The van der Waals surface area contributed by atoms with E-state index in [0.717, 1.165) is 36.0 Å². The lowest BCUT2D eigenvalue weighted by atomic mass is 10.1. The molecule has 0 aliphatic rings. The van der Waals surface area contributed by atoms with Crippen molar-refractivity contribution in [1.29, 1.82) is 0 Å². The summed E-state index contributed by atoms with van der Waals surface area (Å²) in [5.41, 5.74) is -2.03. The Hall–Kier alpha value is -4.20. The van der Waals surface area contributed by atoms with Crippen molar-refractivity contribution in [1.82, 2.24) is 9.55 Å². The monoisotopic (exact) mass is 611 g/mol. The SMILES string of the molecule is COc1cc2nc(SCC(=O)Nc3ccccc3C(F)(F)F)n(CCc3ccc(C(F)(F)F)cc3)c(=O)c2cc1OC. The number of nitrogens with one attached hydrogen (secondary N) is 1. The minimum absolute atomic E-state index is 0.0116. The summed E-state index contributed by atoms with van der Waals surface area (Å²) in [6.07, 6.45) is -9.03. The highest BCUT2D eigenvalue weighted by molar-refractivity contribution is 7.99. The molecule has 0 fully saturated rings. The molecule has 0 saturated heterocycles. The Morgan fingerprint density at radius 1 is 0.929 bits per heavy atom. The Morgan fingerprint density at radius 2 is 1.57 bits per heavy atom. The van der Waals surface area contributed by atoms with Gasteiger partial charge in [0.2, 0.25) is 5.91 Å². The van der Waals surface area contributed by atoms with E-state index in [4.69, 9.17) is 9.47 Å². The maximum Gasteiger partial charge on any atom is 0.418 e. The van der Waals surface area contributed by atoms with E-state index in [2.05, 4.69) is 10.3 Å².